The number of halogens is 1. The van der Waals surface area contributed by atoms with E-state index in [0.29, 0.717) is 6.42 Å². The van der Waals surface area contributed by atoms with E-state index in [1.165, 1.54) is 0 Å². The zero-order valence-corrected chi connectivity index (χ0v) is 18.4. The molecule has 2 saturated heterocycles. The Kier molecular flexibility index (Phi) is 4.38. The van der Waals surface area contributed by atoms with E-state index < -0.39 is 12.1 Å². The quantitative estimate of drug-likeness (QED) is 0.632. The summed E-state index contributed by atoms with van der Waals surface area (Å²) in [4.78, 5) is 23.6. The lowest BCUT2D eigenvalue weighted by Crippen LogP contribution is -2.56. The summed E-state index contributed by atoms with van der Waals surface area (Å²) in [7, 11) is 3.97. The Morgan fingerprint density at radius 3 is 2.53 bits per heavy atom. The normalized spacial score (nSPS) is 26.6. The second-order valence-corrected chi connectivity index (χ2v) is 9.47. The highest BCUT2D eigenvalue weighted by Gasteiger charge is 2.51. The summed E-state index contributed by atoms with van der Waals surface area (Å²) in [6.07, 6.45) is 7.18. The lowest BCUT2D eigenvalue weighted by molar-refractivity contribution is -0.136. The van der Waals surface area contributed by atoms with Crippen LogP contribution in [0, 0.1) is 5.92 Å². The van der Waals surface area contributed by atoms with Gasteiger partial charge in [0, 0.05) is 63.4 Å². The van der Waals surface area contributed by atoms with E-state index in [0.717, 1.165) is 54.1 Å². The van der Waals surface area contributed by atoms with Crippen LogP contribution in [0.25, 0.3) is 16.6 Å². The first-order valence-corrected chi connectivity index (χ1v) is 11.3. The molecule has 1 aliphatic carbocycles. The van der Waals surface area contributed by atoms with Crippen LogP contribution in [-0.2, 0) is 4.79 Å². The number of aromatic nitrogens is 3. The van der Waals surface area contributed by atoms with E-state index >= 15 is 0 Å². The predicted molar refractivity (Wildman–Crippen MR) is 122 cm³/mol. The molecule has 5 heterocycles. The summed E-state index contributed by atoms with van der Waals surface area (Å²) in [6, 6.07) is 8.66. The number of rotatable bonds is 4. The van der Waals surface area contributed by atoms with Crippen molar-refractivity contribution in [3.63, 3.8) is 0 Å². The fourth-order valence-corrected chi connectivity index (χ4v) is 5.34. The van der Waals surface area contributed by atoms with E-state index in [4.69, 9.17) is 0 Å². The SMILES string of the molecule is CN(C)c1cc(-c2cc3c(N4CC5CCC(C4)N5C(=O)[C@@H]4C[C@H]4F)ccnn3c2)ccn1. The molecule has 0 radical (unpaired) electrons. The summed E-state index contributed by atoms with van der Waals surface area (Å²) < 4.78 is 15.4. The van der Waals surface area contributed by atoms with Crippen LogP contribution >= 0.6 is 0 Å². The molecule has 0 spiro atoms. The topological polar surface area (TPSA) is 57.0 Å². The number of carbonyl (C=O) groups is 1. The number of alkyl halides is 1. The van der Waals surface area contributed by atoms with Gasteiger partial charge in [0.2, 0.25) is 5.91 Å². The van der Waals surface area contributed by atoms with Crippen molar-refractivity contribution >= 4 is 22.9 Å². The van der Waals surface area contributed by atoms with Crippen molar-refractivity contribution in [1.82, 2.24) is 19.5 Å². The molecule has 1 amide bonds. The van der Waals surface area contributed by atoms with Gasteiger partial charge in [-0.05, 0) is 49.1 Å². The fraction of sp³-hybridized carbons (Fsp3) is 0.458. The Labute approximate surface area is 186 Å². The Balaban J connectivity index is 1.30. The maximum absolute atomic E-state index is 13.5. The van der Waals surface area contributed by atoms with Crippen LogP contribution in [0.15, 0.2) is 42.9 Å². The first-order valence-electron chi connectivity index (χ1n) is 11.3. The highest BCUT2D eigenvalue weighted by atomic mass is 19.1. The van der Waals surface area contributed by atoms with Crippen LogP contribution in [0.3, 0.4) is 0 Å². The predicted octanol–water partition coefficient (Wildman–Crippen LogP) is 3.00. The molecule has 3 aromatic rings. The number of pyridine rings is 1. The second kappa shape index (κ2) is 7.18. The average Bonchev–Trinajstić information content (AvgIpc) is 3.26. The largest absolute Gasteiger partial charge is 0.366 e. The molecule has 3 fully saturated rings. The maximum Gasteiger partial charge on any atom is 0.229 e. The molecule has 0 N–H and O–H groups in total. The Morgan fingerprint density at radius 1 is 1.09 bits per heavy atom. The number of hydrogen-bond donors (Lipinski definition) is 0. The summed E-state index contributed by atoms with van der Waals surface area (Å²) >= 11 is 0. The third-order valence-corrected chi connectivity index (χ3v) is 7.13. The van der Waals surface area contributed by atoms with Gasteiger partial charge in [-0.15, -0.1) is 0 Å². The molecular formula is C24H27FN6O. The molecule has 166 valence electrons. The van der Waals surface area contributed by atoms with Gasteiger partial charge in [0.05, 0.1) is 17.1 Å². The summed E-state index contributed by atoms with van der Waals surface area (Å²) in [5.41, 5.74) is 4.37. The maximum atomic E-state index is 13.5. The Morgan fingerprint density at radius 2 is 1.84 bits per heavy atom. The van der Waals surface area contributed by atoms with Gasteiger partial charge in [0.15, 0.2) is 0 Å². The van der Waals surface area contributed by atoms with Crippen molar-refractivity contribution in [1.29, 1.82) is 0 Å². The Bertz CT molecular complexity index is 1180. The molecule has 7 nitrogen and oxygen atoms in total. The number of fused-ring (bicyclic) bond motifs is 3. The molecule has 2 unspecified atom stereocenters. The molecule has 32 heavy (non-hydrogen) atoms. The number of amides is 1. The number of anilines is 2. The van der Waals surface area contributed by atoms with Gasteiger partial charge in [-0.25, -0.2) is 13.9 Å². The summed E-state index contributed by atoms with van der Waals surface area (Å²) in [6.45, 7) is 1.57. The highest BCUT2D eigenvalue weighted by molar-refractivity contribution is 5.84. The minimum absolute atomic E-state index is 0.0314. The molecule has 3 aliphatic rings. The second-order valence-electron chi connectivity index (χ2n) is 9.47. The van der Waals surface area contributed by atoms with Crippen LogP contribution in [-0.4, -0.2) is 70.8 Å². The first-order chi connectivity index (χ1) is 15.5. The van der Waals surface area contributed by atoms with E-state index in [1.54, 1.807) is 0 Å². The van der Waals surface area contributed by atoms with Gasteiger partial charge in [-0.2, -0.15) is 5.10 Å². The van der Waals surface area contributed by atoms with Gasteiger partial charge in [0.1, 0.15) is 12.0 Å². The lowest BCUT2D eigenvalue weighted by Gasteiger charge is -2.42. The summed E-state index contributed by atoms with van der Waals surface area (Å²) in [5, 5.41) is 4.53. The zero-order chi connectivity index (χ0) is 22.0. The lowest BCUT2D eigenvalue weighted by atomic mass is 10.1. The van der Waals surface area contributed by atoms with Crippen LogP contribution in [0.4, 0.5) is 15.9 Å². The van der Waals surface area contributed by atoms with Crippen LogP contribution in [0.5, 0.6) is 0 Å². The zero-order valence-electron chi connectivity index (χ0n) is 18.4. The fourth-order valence-electron chi connectivity index (χ4n) is 5.34. The van der Waals surface area contributed by atoms with Crippen molar-refractivity contribution < 1.29 is 9.18 Å². The van der Waals surface area contributed by atoms with Crippen LogP contribution in [0.2, 0.25) is 0 Å². The third-order valence-electron chi connectivity index (χ3n) is 7.13. The average molecular weight is 435 g/mol. The van der Waals surface area contributed by atoms with Gasteiger partial charge in [0.25, 0.3) is 0 Å². The van der Waals surface area contributed by atoms with Crippen molar-refractivity contribution in [2.45, 2.75) is 37.5 Å². The van der Waals surface area contributed by atoms with E-state index in [9.17, 15) is 9.18 Å². The molecule has 1 saturated carbocycles. The van der Waals surface area contributed by atoms with E-state index in [2.05, 4.69) is 39.4 Å². The third kappa shape index (κ3) is 3.12. The van der Waals surface area contributed by atoms with Gasteiger partial charge < -0.3 is 14.7 Å². The standard InChI is InChI=1S/C24H27FN6O/c1-28(2)23-10-15(5-7-26-23)16-9-22-21(6-8-27-30(22)12-16)29-13-17-3-4-18(14-29)31(17)24(32)19-11-20(19)25/h5-10,12,17-20H,3-4,11,13-14H2,1-2H3/t17?,18?,19-,20-/m1/s1. The Hall–Kier alpha value is -3.16. The minimum Gasteiger partial charge on any atom is -0.366 e. The number of nitrogens with zero attached hydrogens (tertiary/aromatic N) is 6. The van der Waals surface area contributed by atoms with Gasteiger partial charge in [-0.3, -0.25) is 4.79 Å². The highest BCUT2D eigenvalue weighted by Crippen LogP contribution is 2.41. The van der Waals surface area contributed by atoms with E-state index in [-0.39, 0.29) is 18.0 Å². The molecule has 2 aliphatic heterocycles. The molecule has 6 rings (SSSR count). The molecule has 4 atom stereocenters. The molecule has 3 aromatic heterocycles. The smallest absolute Gasteiger partial charge is 0.229 e. The number of hydrogen-bond acceptors (Lipinski definition) is 5. The van der Waals surface area contributed by atoms with Crippen molar-refractivity contribution in [3.05, 3.63) is 42.9 Å². The van der Waals surface area contributed by atoms with Gasteiger partial charge in [-0.1, -0.05) is 0 Å². The van der Waals surface area contributed by atoms with Gasteiger partial charge >= 0.3 is 0 Å². The summed E-state index contributed by atoms with van der Waals surface area (Å²) in [5.74, 6) is 0.552. The van der Waals surface area contributed by atoms with E-state index in [1.807, 2.05) is 46.9 Å². The monoisotopic (exact) mass is 434 g/mol. The minimum atomic E-state index is -0.930. The van der Waals surface area contributed by atoms with Crippen LogP contribution < -0.4 is 9.80 Å². The molecule has 8 heteroatoms. The van der Waals surface area contributed by atoms with Crippen LogP contribution in [0.1, 0.15) is 19.3 Å². The number of piperazine rings is 1. The molecule has 2 bridgehead atoms. The number of carbonyl (C=O) groups excluding carboxylic acids is 1. The molecule has 0 aromatic carbocycles. The van der Waals surface area contributed by atoms with Crippen molar-refractivity contribution in [2.75, 3.05) is 37.0 Å². The van der Waals surface area contributed by atoms with Crippen molar-refractivity contribution in [3.8, 4) is 11.1 Å². The first kappa shape index (κ1) is 19.5. The van der Waals surface area contributed by atoms with Crippen molar-refractivity contribution in [2.24, 2.45) is 5.92 Å². The molecular weight excluding hydrogens is 407 g/mol.